The molecule has 5 nitrogen and oxygen atoms in total. The van der Waals surface area contributed by atoms with Crippen molar-refractivity contribution in [2.24, 2.45) is 0 Å². The number of nitrogens with one attached hydrogen (secondary N) is 1. The third-order valence-electron chi connectivity index (χ3n) is 2.47. The second-order valence-electron chi connectivity index (χ2n) is 3.47. The molecule has 1 N–H and O–H groups in total. The lowest BCUT2D eigenvalue weighted by Gasteiger charge is -2.16. The molecule has 1 atom stereocenters. The van der Waals surface area contributed by atoms with Crippen LogP contribution in [0.4, 0.5) is 0 Å². The van der Waals surface area contributed by atoms with E-state index in [0.29, 0.717) is 5.88 Å². The van der Waals surface area contributed by atoms with Crippen LogP contribution < -0.4 is 10.1 Å². The number of ether oxygens (including phenoxy) is 2. The summed E-state index contributed by atoms with van der Waals surface area (Å²) < 4.78 is 10.5. The number of hydrogen-bond donors (Lipinski definition) is 1. The van der Waals surface area contributed by atoms with E-state index >= 15 is 0 Å². The Kier molecular flexibility index (Phi) is 3.36. The lowest BCUT2D eigenvalue weighted by molar-refractivity contribution is 0.216. The number of hydrogen-bond acceptors (Lipinski definition) is 5. The molecule has 1 unspecified atom stereocenters. The Morgan fingerprint density at radius 1 is 1.44 bits per heavy atom. The Morgan fingerprint density at radius 3 is 2.81 bits per heavy atom. The van der Waals surface area contributed by atoms with E-state index < -0.39 is 0 Å². The topological polar surface area (TPSA) is 56.3 Å². The van der Waals surface area contributed by atoms with E-state index in [9.17, 15) is 0 Å². The zero-order valence-corrected chi connectivity index (χ0v) is 9.43. The molecular weight excluding hydrogens is 206 g/mol. The van der Waals surface area contributed by atoms with Gasteiger partial charge in [-0.05, 0) is 19.2 Å². The lowest BCUT2D eigenvalue weighted by atomic mass is 10.1. The highest BCUT2D eigenvalue weighted by molar-refractivity contribution is 5.21. The quantitative estimate of drug-likeness (QED) is 0.823. The molecule has 1 aliphatic heterocycles. The van der Waals surface area contributed by atoms with E-state index in [4.69, 9.17) is 9.47 Å². The van der Waals surface area contributed by atoms with Crippen LogP contribution in [0.2, 0.25) is 0 Å². The van der Waals surface area contributed by atoms with Crippen LogP contribution in [0, 0.1) is 0 Å². The monoisotopic (exact) mass is 221 g/mol. The minimum atomic E-state index is -0.0269. The molecule has 0 saturated carbocycles. The van der Waals surface area contributed by atoms with Crippen molar-refractivity contribution in [2.75, 3.05) is 20.8 Å². The molecule has 0 spiro atoms. The van der Waals surface area contributed by atoms with Gasteiger partial charge in [-0.3, -0.25) is 0 Å². The van der Waals surface area contributed by atoms with Crippen LogP contribution in [0.1, 0.15) is 18.2 Å². The van der Waals surface area contributed by atoms with Crippen LogP contribution >= 0.6 is 0 Å². The molecular formula is C11H15N3O2. The zero-order valence-electron chi connectivity index (χ0n) is 9.43. The van der Waals surface area contributed by atoms with Gasteiger partial charge >= 0.3 is 0 Å². The van der Waals surface area contributed by atoms with Crippen LogP contribution in [0.25, 0.3) is 0 Å². The molecule has 2 rings (SSSR count). The Balaban J connectivity index is 2.19. The van der Waals surface area contributed by atoms with Crippen LogP contribution in [0.5, 0.6) is 5.88 Å². The SMILES string of the molecule is CNC(C1=CCCO1)c1ccc(OC)nn1. The van der Waals surface area contributed by atoms with Crippen molar-refractivity contribution in [2.45, 2.75) is 12.5 Å². The van der Waals surface area contributed by atoms with Crippen molar-refractivity contribution in [3.63, 3.8) is 0 Å². The molecule has 0 saturated heterocycles. The lowest BCUT2D eigenvalue weighted by Crippen LogP contribution is -2.20. The second kappa shape index (κ2) is 4.94. The minimum absolute atomic E-state index is 0.0269. The average Bonchev–Trinajstić information content (AvgIpc) is 2.85. The molecule has 1 aliphatic rings. The normalized spacial score (nSPS) is 16.5. The third-order valence-corrected chi connectivity index (χ3v) is 2.47. The first-order valence-corrected chi connectivity index (χ1v) is 5.23. The van der Waals surface area contributed by atoms with Crippen molar-refractivity contribution >= 4 is 0 Å². The van der Waals surface area contributed by atoms with E-state index in [1.54, 1.807) is 13.2 Å². The average molecular weight is 221 g/mol. The predicted octanol–water partition coefficient (Wildman–Crippen LogP) is 1.05. The van der Waals surface area contributed by atoms with Crippen molar-refractivity contribution in [3.05, 3.63) is 29.7 Å². The van der Waals surface area contributed by atoms with Gasteiger partial charge in [-0.1, -0.05) is 0 Å². The Bertz CT molecular complexity index is 375. The van der Waals surface area contributed by atoms with Gasteiger partial charge in [0, 0.05) is 12.5 Å². The smallest absolute Gasteiger partial charge is 0.233 e. The number of rotatable bonds is 4. The largest absolute Gasteiger partial charge is 0.496 e. The summed E-state index contributed by atoms with van der Waals surface area (Å²) in [6.07, 6.45) is 3.03. The molecule has 2 heterocycles. The molecule has 0 aliphatic carbocycles. The maximum absolute atomic E-state index is 5.52. The summed E-state index contributed by atoms with van der Waals surface area (Å²) in [5, 5.41) is 11.2. The zero-order chi connectivity index (χ0) is 11.4. The molecule has 1 aromatic heterocycles. The van der Waals surface area contributed by atoms with Crippen molar-refractivity contribution in [1.82, 2.24) is 15.5 Å². The summed E-state index contributed by atoms with van der Waals surface area (Å²) in [4.78, 5) is 0. The van der Waals surface area contributed by atoms with Gasteiger partial charge in [-0.25, -0.2) is 0 Å². The van der Waals surface area contributed by atoms with Gasteiger partial charge in [0.25, 0.3) is 0 Å². The highest BCUT2D eigenvalue weighted by Crippen LogP contribution is 2.24. The predicted molar refractivity (Wildman–Crippen MR) is 59.0 cm³/mol. The molecule has 0 amide bonds. The van der Waals surface area contributed by atoms with Crippen LogP contribution in [0.15, 0.2) is 24.0 Å². The second-order valence-corrected chi connectivity index (χ2v) is 3.47. The molecule has 0 aromatic carbocycles. The molecule has 5 heteroatoms. The summed E-state index contributed by atoms with van der Waals surface area (Å²) in [7, 11) is 3.45. The van der Waals surface area contributed by atoms with Crippen LogP contribution in [0.3, 0.4) is 0 Å². The fourth-order valence-corrected chi connectivity index (χ4v) is 1.67. The van der Waals surface area contributed by atoms with Crippen molar-refractivity contribution in [1.29, 1.82) is 0 Å². The molecule has 1 aromatic rings. The summed E-state index contributed by atoms with van der Waals surface area (Å²) in [5.74, 6) is 1.43. The Labute approximate surface area is 94.5 Å². The summed E-state index contributed by atoms with van der Waals surface area (Å²) in [6, 6.07) is 3.65. The summed E-state index contributed by atoms with van der Waals surface area (Å²) in [6.45, 7) is 0.747. The van der Waals surface area contributed by atoms with E-state index in [0.717, 1.165) is 24.5 Å². The van der Waals surface area contributed by atoms with Crippen molar-refractivity contribution in [3.8, 4) is 5.88 Å². The standard InChI is InChI=1S/C11H15N3O2/c1-12-11(9-4-3-7-16-9)8-5-6-10(15-2)14-13-8/h4-6,11-12H,3,7H2,1-2H3. The Morgan fingerprint density at radius 2 is 2.31 bits per heavy atom. The van der Waals surface area contributed by atoms with Crippen molar-refractivity contribution < 1.29 is 9.47 Å². The highest BCUT2D eigenvalue weighted by atomic mass is 16.5. The molecule has 0 fully saturated rings. The maximum Gasteiger partial charge on any atom is 0.233 e. The molecule has 0 bridgehead atoms. The maximum atomic E-state index is 5.52. The fourth-order valence-electron chi connectivity index (χ4n) is 1.67. The number of nitrogens with zero attached hydrogens (tertiary/aromatic N) is 2. The van der Waals surface area contributed by atoms with Gasteiger partial charge in [0.2, 0.25) is 5.88 Å². The first-order valence-electron chi connectivity index (χ1n) is 5.23. The first kappa shape index (κ1) is 10.9. The van der Waals surface area contributed by atoms with Gasteiger partial charge in [0.1, 0.15) is 11.8 Å². The number of aromatic nitrogens is 2. The van der Waals surface area contributed by atoms with E-state index in [-0.39, 0.29) is 6.04 Å². The van der Waals surface area contributed by atoms with Crippen LogP contribution in [-0.2, 0) is 4.74 Å². The van der Waals surface area contributed by atoms with E-state index in [1.165, 1.54) is 0 Å². The molecule has 16 heavy (non-hydrogen) atoms. The summed E-state index contributed by atoms with van der Waals surface area (Å²) >= 11 is 0. The minimum Gasteiger partial charge on any atom is -0.496 e. The molecule has 86 valence electrons. The number of likely N-dealkylation sites (N-methyl/N-ethyl adjacent to an activating group) is 1. The third kappa shape index (κ3) is 2.14. The van der Waals surface area contributed by atoms with Gasteiger partial charge in [-0.15, -0.1) is 10.2 Å². The van der Waals surface area contributed by atoms with Gasteiger partial charge < -0.3 is 14.8 Å². The fraction of sp³-hybridized carbons (Fsp3) is 0.455. The van der Waals surface area contributed by atoms with Gasteiger partial charge in [0.15, 0.2) is 0 Å². The summed E-state index contributed by atoms with van der Waals surface area (Å²) in [5.41, 5.74) is 0.830. The first-order chi connectivity index (χ1) is 7.85. The van der Waals surface area contributed by atoms with Gasteiger partial charge in [-0.2, -0.15) is 0 Å². The Hall–Kier alpha value is -1.62. The van der Waals surface area contributed by atoms with E-state index in [2.05, 4.69) is 21.6 Å². The van der Waals surface area contributed by atoms with Crippen LogP contribution in [-0.4, -0.2) is 31.0 Å². The van der Waals surface area contributed by atoms with Gasteiger partial charge in [0.05, 0.1) is 19.4 Å². The van der Waals surface area contributed by atoms with E-state index in [1.807, 2.05) is 13.1 Å². The molecule has 0 radical (unpaired) electrons. The highest BCUT2D eigenvalue weighted by Gasteiger charge is 2.20. The number of methoxy groups -OCH3 is 1.